The van der Waals surface area contributed by atoms with Crippen LogP contribution in [0.3, 0.4) is 0 Å². The third kappa shape index (κ3) is 5.16. The number of fused-ring (bicyclic) bond motifs is 1. The fraction of sp³-hybridized carbons (Fsp3) is 0.448. The van der Waals surface area contributed by atoms with Gasteiger partial charge in [-0.05, 0) is 83.8 Å². The number of nitrogens with zero attached hydrogens (tertiary/aromatic N) is 5. The van der Waals surface area contributed by atoms with E-state index in [4.69, 9.17) is 4.74 Å². The first kappa shape index (κ1) is 25.1. The number of aryl methyl sites for hydroxylation is 2. The van der Waals surface area contributed by atoms with Crippen molar-refractivity contribution in [2.75, 3.05) is 7.11 Å². The predicted molar refractivity (Wildman–Crippen MR) is 145 cm³/mol. The lowest BCUT2D eigenvalue weighted by molar-refractivity contribution is 0.112. The van der Waals surface area contributed by atoms with Crippen LogP contribution in [0.15, 0.2) is 47.3 Å². The molecular formula is C29H36N6O2. The van der Waals surface area contributed by atoms with E-state index >= 15 is 0 Å². The number of tetrazole rings is 1. The fourth-order valence-electron chi connectivity index (χ4n) is 5.65. The Labute approximate surface area is 217 Å². The van der Waals surface area contributed by atoms with Gasteiger partial charge >= 0.3 is 0 Å². The number of aromatic nitrogens is 5. The Hall–Kier alpha value is -3.52. The van der Waals surface area contributed by atoms with Gasteiger partial charge in [-0.25, -0.2) is 4.68 Å². The summed E-state index contributed by atoms with van der Waals surface area (Å²) < 4.78 is 7.19. The fourth-order valence-corrected chi connectivity index (χ4v) is 5.65. The second-order valence-corrected chi connectivity index (χ2v) is 10.2. The van der Waals surface area contributed by atoms with Crippen LogP contribution in [-0.4, -0.2) is 43.2 Å². The van der Waals surface area contributed by atoms with E-state index in [0.29, 0.717) is 19.1 Å². The minimum absolute atomic E-state index is 0.00574. The molecule has 4 aromatic rings. The van der Waals surface area contributed by atoms with Crippen molar-refractivity contribution in [2.24, 2.45) is 0 Å². The summed E-state index contributed by atoms with van der Waals surface area (Å²) in [6, 6.07) is 14.7. The smallest absolute Gasteiger partial charge is 0.252 e. The van der Waals surface area contributed by atoms with Crippen LogP contribution in [0.25, 0.3) is 10.9 Å². The maximum atomic E-state index is 13.3. The van der Waals surface area contributed by atoms with E-state index in [9.17, 15) is 4.79 Å². The van der Waals surface area contributed by atoms with Crippen LogP contribution in [0.2, 0.25) is 0 Å². The third-order valence-electron chi connectivity index (χ3n) is 7.91. The van der Waals surface area contributed by atoms with E-state index < -0.39 is 0 Å². The maximum absolute atomic E-state index is 13.3. The van der Waals surface area contributed by atoms with Crippen molar-refractivity contribution in [1.82, 2.24) is 30.1 Å². The van der Waals surface area contributed by atoms with Gasteiger partial charge in [0, 0.05) is 18.2 Å². The highest BCUT2D eigenvalue weighted by atomic mass is 16.5. The molecule has 0 radical (unpaired) electrons. The number of H-pyrrole nitrogens is 1. The average molecular weight is 501 g/mol. The number of hydrogen-bond acceptors (Lipinski definition) is 6. The van der Waals surface area contributed by atoms with E-state index in [0.717, 1.165) is 58.4 Å². The number of methoxy groups -OCH3 is 1. The van der Waals surface area contributed by atoms with Crippen LogP contribution in [-0.2, 0) is 13.1 Å². The summed E-state index contributed by atoms with van der Waals surface area (Å²) in [4.78, 5) is 18.9. The molecule has 5 rings (SSSR count). The lowest BCUT2D eigenvalue weighted by Crippen LogP contribution is -2.39. The monoisotopic (exact) mass is 500 g/mol. The maximum Gasteiger partial charge on any atom is 0.252 e. The molecule has 2 aromatic carbocycles. The normalized spacial score (nSPS) is 15.1. The van der Waals surface area contributed by atoms with Crippen molar-refractivity contribution < 1.29 is 4.74 Å². The van der Waals surface area contributed by atoms with E-state index in [-0.39, 0.29) is 11.6 Å². The molecule has 2 aromatic heterocycles. The minimum Gasteiger partial charge on any atom is -0.497 e. The summed E-state index contributed by atoms with van der Waals surface area (Å²) in [6.07, 6.45) is 5.52. The van der Waals surface area contributed by atoms with Crippen LogP contribution in [0.4, 0.5) is 0 Å². The van der Waals surface area contributed by atoms with E-state index in [1.807, 2.05) is 28.9 Å². The highest BCUT2D eigenvalue weighted by molar-refractivity contribution is 5.83. The number of aromatic amines is 1. The molecule has 1 N–H and O–H groups in total. The van der Waals surface area contributed by atoms with E-state index in [2.05, 4.69) is 64.4 Å². The van der Waals surface area contributed by atoms with Gasteiger partial charge in [-0.1, -0.05) is 44.0 Å². The number of ether oxygens (including phenoxy) is 1. The zero-order valence-electron chi connectivity index (χ0n) is 22.2. The molecule has 1 aliphatic rings. The first-order chi connectivity index (χ1) is 18.0. The topological polar surface area (TPSA) is 88.9 Å². The van der Waals surface area contributed by atoms with Gasteiger partial charge in [0.05, 0.1) is 25.2 Å². The van der Waals surface area contributed by atoms with Gasteiger partial charge < -0.3 is 9.72 Å². The summed E-state index contributed by atoms with van der Waals surface area (Å²) in [5.41, 5.74) is 5.10. The molecule has 1 fully saturated rings. The molecular weight excluding hydrogens is 464 g/mol. The molecule has 194 valence electrons. The van der Waals surface area contributed by atoms with Crippen molar-refractivity contribution >= 4 is 10.9 Å². The molecule has 0 aliphatic heterocycles. The lowest BCUT2D eigenvalue weighted by atomic mass is 10.0. The van der Waals surface area contributed by atoms with Gasteiger partial charge in [-0.2, -0.15) is 0 Å². The molecule has 0 bridgehead atoms. The van der Waals surface area contributed by atoms with Gasteiger partial charge in [0.1, 0.15) is 5.75 Å². The number of hydrogen-bond donors (Lipinski definition) is 1. The molecule has 0 amide bonds. The molecule has 1 atom stereocenters. The highest BCUT2D eigenvalue weighted by Gasteiger charge is 2.32. The second-order valence-electron chi connectivity index (χ2n) is 10.2. The molecule has 1 saturated carbocycles. The molecule has 1 aliphatic carbocycles. The Balaban J connectivity index is 1.48. The van der Waals surface area contributed by atoms with Crippen molar-refractivity contribution in [3.63, 3.8) is 0 Å². The molecule has 1 unspecified atom stereocenters. The zero-order valence-corrected chi connectivity index (χ0v) is 22.2. The predicted octanol–water partition coefficient (Wildman–Crippen LogP) is 5.08. The summed E-state index contributed by atoms with van der Waals surface area (Å²) >= 11 is 0. The van der Waals surface area contributed by atoms with Crippen LogP contribution in [0.5, 0.6) is 5.75 Å². The van der Waals surface area contributed by atoms with Crippen LogP contribution in [0, 0.1) is 13.8 Å². The van der Waals surface area contributed by atoms with Gasteiger partial charge in [-0.3, -0.25) is 9.69 Å². The standard InChI is InChI=1S/C29H36N6O2/c1-5-26(28-31-32-33-35(28)17-21-11-14-25(37-4)15-12-21)34(24-8-6-7-9-24)18-23-16-22-13-10-19(2)20(3)27(22)30-29(23)36/h10-16,24,26H,5-9,17-18H2,1-4H3,(H,30,36). The van der Waals surface area contributed by atoms with Crippen molar-refractivity contribution in [2.45, 2.75) is 78.0 Å². The van der Waals surface area contributed by atoms with E-state index in [1.54, 1.807) is 7.11 Å². The van der Waals surface area contributed by atoms with Crippen LogP contribution >= 0.6 is 0 Å². The molecule has 0 saturated heterocycles. The zero-order chi connectivity index (χ0) is 25.9. The van der Waals surface area contributed by atoms with Gasteiger partial charge in [0.15, 0.2) is 5.82 Å². The average Bonchev–Trinajstić information content (AvgIpc) is 3.60. The summed E-state index contributed by atoms with van der Waals surface area (Å²) in [5, 5.41) is 14.0. The van der Waals surface area contributed by atoms with Crippen molar-refractivity contribution in [3.8, 4) is 5.75 Å². The van der Waals surface area contributed by atoms with Crippen molar-refractivity contribution in [1.29, 1.82) is 0 Å². The molecule has 37 heavy (non-hydrogen) atoms. The lowest BCUT2D eigenvalue weighted by Gasteiger charge is -2.35. The minimum atomic E-state index is -0.0168. The summed E-state index contributed by atoms with van der Waals surface area (Å²) in [6.45, 7) is 7.46. The largest absolute Gasteiger partial charge is 0.497 e. The Morgan fingerprint density at radius 2 is 1.89 bits per heavy atom. The Morgan fingerprint density at radius 3 is 2.59 bits per heavy atom. The highest BCUT2D eigenvalue weighted by Crippen LogP contribution is 2.34. The Bertz CT molecular complexity index is 1420. The van der Waals surface area contributed by atoms with Crippen LogP contribution in [0.1, 0.15) is 73.1 Å². The SMILES string of the molecule is CCC(c1nnnn1Cc1ccc(OC)cc1)N(Cc1cc2ccc(C)c(C)c2[nH]c1=O)C1CCCC1. The summed E-state index contributed by atoms with van der Waals surface area (Å²) in [7, 11) is 1.67. The Kier molecular flexibility index (Phi) is 7.37. The van der Waals surface area contributed by atoms with Crippen LogP contribution < -0.4 is 10.3 Å². The van der Waals surface area contributed by atoms with E-state index in [1.165, 1.54) is 18.4 Å². The number of rotatable bonds is 9. The first-order valence-electron chi connectivity index (χ1n) is 13.2. The van der Waals surface area contributed by atoms with Gasteiger partial charge in [0.2, 0.25) is 0 Å². The molecule has 8 heteroatoms. The summed E-state index contributed by atoms with van der Waals surface area (Å²) in [5.74, 6) is 1.67. The molecule has 0 spiro atoms. The first-order valence-corrected chi connectivity index (χ1v) is 13.2. The van der Waals surface area contributed by atoms with Crippen molar-refractivity contribution in [3.05, 3.63) is 80.9 Å². The number of benzene rings is 2. The quantitative estimate of drug-likeness (QED) is 0.345. The van der Waals surface area contributed by atoms with Gasteiger partial charge in [-0.15, -0.1) is 5.10 Å². The second kappa shape index (κ2) is 10.8. The van der Waals surface area contributed by atoms with Gasteiger partial charge in [0.25, 0.3) is 5.56 Å². The number of pyridine rings is 1. The Morgan fingerprint density at radius 1 is 1.14 bits per heavy atom. The number of nitrogens with one attached hydrogen (secondary N) is 1. The molecule has 2 heterocycles. The third-order valence-corrected chi connectivity index (χ3v) is 7.91. The molecule has 8 nitrogen and oxygen atoms in total.